The Kier molecular flexibility index (Phi) is 12.1. The number of halogens is 10. The van der Waals surface area contributed by atoms with E-state index in [0.717, 1.165) is 57.1 Å². The van der Waals surface area contributed by atoms with Gasteiger partial charge >= 0.3 is 0 Å². The van der Waals surface area contributed by atoms with Crippen LogP contribution in [0.2, 0.25) is 0 Å². The molecule has 3 aliphatic rings. The van der Waals surface area contributed by atoms with Crippen molar-refractivity contribution >= 4 is 40.2 Å². The normalized spacial score (nSPS) is 14.7. The van der Waals surface area contributed by atoms with E-state index in [-0.39, 0.29) is 28.0 Å². The molecule has 0 unspecified atom stereocenters. The smallest absolute Gasteiger partial charge is 0.256 e. The first-order valence-electron chi connectivity index (χ1n) is 26.6. The lowest BCUT2D eigenvalue weighted by molar-refractivity contribution is 0.302. The first-order valence-corrected chi connectivity index (χ1v) is 26.6. The fraction of sp³-hybridized carbons (Fsp3) is 0.206. The molecule has 2 nitrogen and oxygen atoms in total. The molecule has 0 aromatic heterocycles. The van der Waals surface area contributed by atoms with Crippen LogP contribution in [0.15, 0.2) is 133 Å². The Hall–Kier alpha value is -8.06. The molecule has 9 aromatic rings. The summed E-state index contributed by atoms with van der Waals surface area (Å²) in [6.45, 7) is 21.1. The molecule has 0 N–H and O–H groups in total. The third-order valence-corrected chi connectivity index (χ3v) is 17.4. The molecule has 0 saturated heterocycles. The van der Waals surface area contributed by atoms with Gasteiger partial charge in [0.05, 0.1) is 16.8 Å². The molecule has 0 atom stereocenters. The van der Waals surface area contributed by atoms with Gasteiger partial charge in [-0.3, -0.25) is 0 Å². The molecule has 0 aliphatic carbocycles. The molecule has 3 aliphatic heterocycles. The van der Waals surface area contributed by atoms with Gasteiger partial charge in [-0.05, 0) is 118 Å². The molecule has 8 bridgehead atoms. The van der Waals surface area contributed by atoms with Gasteiger partial charge in [-0.2, -0.15) is 0 Å². The van der Waals surface area contributed by atoms with Crippen LogP contribution in [0.25, 0.3) is 55.6 Å². The summed E-state index contributed by atoms with van der Waals surface area (Å²) in [5.74, 6) is -22.8. The second-order valence-electron chi connectivity index (χ2n) is 24.6. The topological polar surface area (TPSA) is 12.5 Å². The summed E-state index contributed by atoms with van der Waals surface area (Å²) in [5, 5.41) is 0. The minimum absolute atomic E-state index is 0.129. The SMILES string of the molecule is CC(C)(C)c1cc2cc(c1)C(C)(C)C(C)(C)c1cc(cc(C(C)(C)C)c1)-c1ccc3c(c1)B1c4cc-2ccc4Oc2cc(-c4ccccc4)cc(c21)N3c1c(-c2c(F)c(F)c(F)c(F)c2F)cccc1-c1c(F)c(F)c(F)c(F)c1F. The van der Waals surface area contributed by atoms with E-state index in [4.69, 9.17) is 4.74 Å². The van der Waals surface area contributed by atoms with Gasteiger partial charge in [0.2, 0.25) is 11.6 Å². The molecule has 0 saturated carbocycles. The van der Waals surface area contributed by atoms with Crippen LogP contribution in [0, 0.1) is 58.2 Å². The lowest BCUT2D eigenvalue weighted by atomic mass is 9.34. The number of hydrogen-bond donors (Lipinski definition) is 0. The minimum Gasteiger partial charge on any atom is -0.458 e. The zero-order valence-electron chi connectivity index (χ0n) is 45.9. The summed E-state index contributed by atoms with van der Waals surface area (Å²) in [6, 6.07) is 40.0. The molecule has 81 heavy (non-hydrogen) atoms. The molecule has 0 fully saturated rings. The number of anilines is 3. The summed E-state index contributed by atoms with van der Waals surface area (Å²) >= 11 is 0. The molecule has 408 valence electrons. The second-order valence-corrected chi connectivity index (χ2v) is 24.6. The fourth-order valence-corrected chi connectivity index (χ4v) is 11.9. The monoisotopic (exact) mass is 1100 g/mol. The van der Waals surface area contributed by atoms with Crippen LogP contribution in [0.4, 0.5) is 61.0 Å². The van der Waals surface area contributed by atoms with E-state index in [1.54, 1.807) is 54.6 Å². The molecule has 0 amide bonds. The first kappa shape index (κ1) is 53.6. The van der Waals surface area contributed by atoms with E-state index >= 15 is 35.1 Å². The molecule has 0 radical (unpaired) electrons. The number of fused-ring (bicyclic) bond motifs is 8. The highest BCUT2D eigenvalue weighted by Gasteiger charge is 2.46. The zero-order chi connectivity index (χ0) is 57.9. The van der Waals surface area contributed by atoms with Gasteiger partial charge < -0.3 is 9.64 Å². The average molecular weight is 1100 g/mol. The number of benzene rings is 9. The molecular weight excluding hydrogens is 1050 g/mol. The Labute approximate surface area is 463 Å². The van der Waals surface area contributed by atoms with Crippen LogP contribution >= 0.6 is 0 Å². The Morgan fingerprint density at radius 2 is 0.827 bits per heavy atom. The van der Waals surface area contributed by atoms with Crippen molar-refractivity contribution in [3.63, 3.8) is 0 Å². The number of ether oxygens (including phenoxy) is 1. The molecular formula is C68H52BF10NO. The van der Waals surface area contributed by atoms with Crippen molar-refractivity contribution in [1.82, 2.24) is 0 Å². The van der Waals surface area contributed by atoms with Crippen LogP contribution in [0.3, 0.4) is 0 Å². The Balaban J connectivity index is 1.28. The highest BCUT2D eigenvalue weighted by atomic mass is 19.2. The first-order chi connectivity index (χ1) is 38.1. The maximum Gasteiger partial charge on any atom is 0.256 e. The van der Waals surface area contributed by atoms with E-state index in [1.165, 1.54) is 4.90 Å². The minimum atomic E-state index is -2.48. The second kappa shape index (κ2) is 18.2. The molecule has 3 heterocycles. The Morgan fingerprint density at radius 1 is 0.383 bits per heavy atom. The lowest BCUT2D eigenvalue weighted by Crippen LogP contribution is -2.59. The number of nitrogens with zero attached hydrogens (tertiary/aromatic N) is 1. The molecule has 12 rings (SSSR count). The maximum absolute atomic E-state index is 16.7. The number of hydrogen-bond acceptors (Lipinski definition) is 2. The third kappa shape index (κ3) is 8.06. The van der Waals surface area contributed by atoms with Crippen molar-refractivity contribution in [2.45, 2.75) is 90.9 Å². The zero-order valence-corrected chi connectivity index (χ0v) is 45.9. The number of para-hydroxylation sites is 1. The van der Waals surface area contributed by atoms with Crippen molar-refractivity contribution in [3.05, 3.63) is 214 Å². The summed E-state index contributed by atoms with van der Waals surface area (Å²) in [4.78, 5) is 1.34. The summed E-state index contributed by atoms with van der Waals surface area (Å²) < 4.78 is 166. The van der Waals surface area contributed by atoms with E-state index in [1.807, 2.05) is 24.3 Å². The lowest BCUT2D eigenvalue weighted by Gasteiger charge is -2.44. The van der Waals surface area contributed by atoms with Gasteiger partial charge in [0.25, 0.3) is 6.71 Å². The standard InChI is InChI=1S/C68H52BF10NO/c1-65(2,3)39-23-36-25-41(31-39)67(7,8)68(9,10)42-26-37(24-40(32-42)66(4,5)6)35-20-22-49-46(28-35)69-45-27-34(36)19-21-47(45)80(48-29-38(30-50(81-49)53(48)69)33-15-12-11-13-16-33)64-43(51-54(70)58(74)62(78)59(75)55(51)71)17-14-18-44(64)52-56(72)60(76)63(79)61(77)57(52)73/h11-32H,1-10H3. The highest BCUT2D eigenvalue weighted by molar-refractivity contribution is 6.99. The van der Waals surface area contributed by atoms with Gasteiger partial charge in [0, 0.05) is 22.5 Å². The Bertz CT molecular complexity index is 4050. The van der Waals surface area contributed by atoms with Gasteiger partial charge in [0.1, 0.15) is 11.5 Å². The van der Waals surface area contributed by atoms with Crippen molar-refractivity contribution in [2.24, 2.45) is 0 Å². The quantitative estimate of drug-likeness (QED) is 0.0754. The maximum atomic E-state index is 16.7. The van der Waals surface area contributed by atoms with Crippen molar-refractivity contribution < 1.29 is 48.6 Å². The van der Waals surface area contributed by atoms with E-state index in [9.17, 15) is 8.78 Å². The predicted molar refractivity (Wildman–Crippen MR) is 303 cm³/mol. The Morgan fingerprint density at radius 3 is 1.31 bits per heavy atom. The fourth-order valence-electron chi connectivity index (χ4n) is 11.9. The van der Waals surface area contributed by atoms with Gasteiger partial charge in [0.15, 0.2) is 46.5 Å². The summed E-state index contributed by atoms with van der Waals surface area (Å²) in [6.07, 6.45) is 0. The largest absolute Gasteiger partial charge is 0.458 e. The van der Waals surface area contributed by atoms with E-state index < -0.39 is 104 Å². The molecule has 0 spiro atoms. The van der Waals surface area contributed by atoms with Crippen LogP contribution in [-0.4, -0.2) is 6.71 Å². The average Bonchev–Trinajstić information content (AvgIpc) is 3.66. The third-order valence-electron chi connectivity index (χ3n) is 17.4. The van der Waals surface area contributed by atoms with Gasteiger partial charge in [-0.15, -0.1) is 0 Å². The predicted octanol–water partition coefficient (Wildman–Crippen LogP) is 18.0. The highest BCUT2D eigenvalue weighted by Crippen LogP contribution is 2.54. The van der Waals surface area contributed by atoms with Gasteiger partial charge in [-0.1, -0.05) is 178 Å². The molecule has 13 heteroatoms. The van der Waals surface area contributed by atoms with Crippen LogP contribution in [-0.2, 0) is 21.7 Å². The van der Waals surface area contributed by atoms with Crippen molar-refractivity contribution in [1.29, 1.82) is 0 Å². The summed E-state index contributed by atoms with van der Waals surface area (Å²) in [7, 11) is 0. The van der Waals surface area contributed by atoms with E-state index in [2.05, 4.69) is 106 Å². The van der Waals surface area contributed by atoms with Crippen LogP contribution < -0.4 is 26.0 Å². The number of rotatable bonds is 4. The van der Waals surface area contributed by atoms with Crippen LogP contribution in [0.1, 0.15) is 91.5 Å². The summed E-state index contributed by atoms with van der Waals surface area (Å²) in [5.41, 5.74) is 3.38. The van der Waals surface area contributed by atoms with Crippen LogP contribution in [0.5, 0.6) is 11.5 Å². The van der Waals surface area contributed by atoms with Crippen molar-refractivity contribution in [3.8, 4) is 67.1 Å². The van der Waals surface area contributed by atoms with E-state index in [0.29, 0.717) is 38.8 Å². The van der Waals surface area contributed by atoms with Crippen molar-refractivity contribution in [2.75, 3.05) is 4.90 Å². The van der Waals surface area contributed by atoms with Gasteiger partial charge in [-0.25, -0.2) is 43.9 Å². The molecule has 9 aromatic carbocycles.